The van der Waals surface area contributed by atoms with Crippen molar-refractivity contribution in [3.63, 3.8) is 0 Å². The molecule has 2 N–H and O–H groups in total. The molecule has 0 bridgehead atoms. The maximum atomic E-state index is 12.0. The standard InChI is InChI=1S/C28H41NO3Si.C19H23NO3.C9H20OSi/c1-5-31-28(30)22-14-16-29(17-15-22)20-21-6-7-24-19-26(9-8-23(24)18-21)32-25-10-12-27(13-11-25)33(2,3)4;1-2-23-19(22)15-7-9-20(10-8-15)13-14-3-4-17-12-18(21)6-5-16(17)11-14;1-11(2,3)9-6-4-8(10)5-7-9/h6-9,18-19,22,25,27H,5,10-17,20H2,1-4H3;3-6,11-12,15,21H,2,7-10,13H2,1H3;8-10H,4-7H2,1-3H3. The zero-order valence-corrected chi connectivity index (χ0v) is 44.4. The van der Waals surface area contributed by atoms with Crippen LogP contribution in [-0.2, 0) is 32.2 Å². The number of ether oxygens (including phenoxy) is 3. The number of phenolic OH excluding ortho intramolecular Hbond substituents is 1. The fraction of sp³-hybridized carbons (Fsp3) is 0.607. The molecular formula is C56H84N2O7Si2. The Morgan fingerprint density at radius 2 is 0.940 bits per heavy atom. The predicted molar refractivity (Wildman–Crippen MR) is 280 cm³/mol. The average Bonchev–Trinajstić information content (AvgIpc) is 3.30. The van der Waals surface area contributed by atoms with Crippen LogP contribution < -0.4 is 4.74 Å². The van der Waals surface area contributed by atoms with Gasteiger partial charge in [0.2, 0.25) is 0 Å². The van der Waals surface area contributed by atoms with Crippen molar-refractivity contribution in [3.05, 3.63) is 83.9 Å². The van der Waals surface area contributed by atoms with Gasteiger partial charge in [-0.15, -0.1) is 0 Å². The number of rotatable bonds is 12. The molecule has 67 heavy (non-hydrogen) atoms. The topological polar surface area (TPSA) is 109 Å². The number of esters is 2. The number of benzene rings is 4. The minimum absolute atomic E-state index is 0.0163. The average molecular weight is 953 g/mol. The molecule has 8 rings (SSSR count). The smallest absolute Gasteiger partial charge is 0.309 e. The molecule has 0 aromatic heterocycles. The van der Waals surface area contributed by atoms with Gasteiger partial charge in [-0.1, -0.05) is 88.5 Å². The molecule has 0 amide bonds. The minimum atomic E-state index is -1.03. The first kappa shape index (κ1) is 52.6. The molecule has 2 aliphatic heterocycles. The molecule has 4 aromatic rings. The van der Waals surface area contributed by atoms with Crippen LogP contribution in [0.25, 0.3) is 21.5 Å². The summed E-state index contributed by atoms with van der Waals surface area (Å²) < 4.78 is 16.7. The number of aliphatic hydroxyl groups excluding tert-OH is 1. The Labute approximate surface area is 405 Å². The number of fused-ring (bicyclic) bond motifs is 2. The lowest BCUT2D eigenvalue weighted by Crippen LogP contribution is -2.36. The summed E-state index contributed by atoms with van der Waals surface area (Å²) in [6.45, 7) is 25.1. The molecule has 2 saturated carbocycles. The Morgan fingerprint density at radius 1 is 0.537 bits per heavy atom. The second-order valence-corrected chi connectivity index (χ2v) is 33.2. The Balaban J connectivity index is 0.000000188. The quantitative estimate of drug-likeness (QED) is 0.106. The summed E-state index contributed by atoms with van der Waals surface area (Å²) >= 11 is 0. The molecule has 9 nitrogen and oxygen atoms in total. The monoisotopic (exact) mass is 953 g/mol. The normalized spacial score (nSPS) is 22.5. The summed E-state index contributed by atoms with van der Waals surface area (Å²) in [5.41, 5.74) is 4.50. The van der Waals surface area contributed by atoms with Crippen LogP contribution in [0.3, 0.4) is 0 Å². The van der Waals surface area contributed by atoms with Gasteiger partial charge in [0, 0.05) is 29.2 Å². The van der Waals surface area contributed by atoms with Gasteiger partial charge in [-0.05, 0) is 184 Å². The van der Waals surface area contributed by atoms with E-state index in [-0.39, 0.29) is 29.9 Å². The first-order chi connectivity index (χ1) is 32.0. The summed E-state index contributed by atoms with van der Waals surface area (Å²) in [5, 5.41) is 23.5. The van der Waals surface area contributed by atoms with E-state index in [4.69, 9.17) is 14.2 Å². The number of carbonyl (C=O) groups excluding carboxylic acids is 2. The van der Waals surface area contributed by atoms with E-state index in [1.807, 2.05) is 19.9 Å². The van der Waals surface area contributed by atoms with Gasteiger partial charge in [-0.3, -0.25) is 19.4 Å². The number of hydrogen-bond acceptors (Lipinski definition) is 9. The Hall–Kier alpha value is -3.75. The molecule has 4 aliphatic rings. The predicted octanol–water partition coefficient (Wildman–Crippen LogP) is 12.6. The molecular weight excluding hydrogens is 869 g/mol. The largest absolute Gasteiger partial charge is 0.508 e. The van der Waals surface area contributed by atoms with Gasteiger partial charge in [0.25, 0.3) is 0 Å². The van der Waals surface area contributed by atoms with Gasteiger partial charge in [0.15, 0.2) is 0 Å². The molecule has 0 atom stereocenters. The van der Waals surface area contributed by atoms with Crippen LogP contribution in [-0.4, -0.2) is 99.7 Å². The Kier molecular flexibility index (Phi) is 19.4. The Bertz CT molecular complexity index is 2170. The zero-order valence-electron chi connectivity index (χ0n) is 42.4. The van der Waals surface area contributed by atoms with Crippen molar-refractivity contribution in [3.8, 4) is 11.5 Å². The fourth-order valence-corrected chi connectivity index (χ4v) is 14.8. The SMILES string of the molecule is CCOC(=O)C1CCN(Cc2ccc3cc(O)ccc3c2)CC1.CCOC(=O)C1CCN(Cc2ccc3cc(OC4CCC([Si](C)(C)C)CC4)ccc3c2)CC1.C[Si](C)(C)C1CCC(O)CC1. The first-order valence-corrected chi connectivity index (χ1v) is 33.0. The van der Waals surface area contributed by atoms with Gasteiger partial charge in [0.05, 0.1) is 37.3 Å². The fourth-order valence-electron chi connectivity index (χ4n) is 10.7. The van der Waals surface area contributed by atoms with Crippen LogP contribution in [0.15, 0.2) is 72.8 Å². The van der Waals surface area contributed by atoms with E-state index in [2.05, 4.69) is 104 Å². The molecule has 0 unspecified atom stereocenters. The van der Waals surface area contributed by atoms with E-state index in [0.29, 0.717) is 25.1 Å². The zero-order chi connectivity index (χ0) is 48.1. The summed E-state index contributed by atoms with van der Waals surface area (Å²) in [5.74, 6) is 1.37. The molecule has 4 fully saturated rings. The van der Waals surface area contributed by atoms with Crippen molar-refractivity contribution in [1.82, 2.24) is 9.80 Å². The van der Waals surface area contributed by atoms with Crippen LogP contribution in [0.4, 0.5) is 0 Å². The van der Waals surface area contributed by atoms with Crippen molar-refractivity contribution >= 4 is 49.6 Å². The lowest BCUT2D eigenvalue weighted by atomic mass is 9.96. The van der Waals surface area contributed by atoms with E-state index in [0.717, 1.165) is 105 Å². The van der Waals surface area contributed by atoms with E-state index in [9.17, 15) is 19.8 Å². The maximum absolute atomic E-state index is 12.0. The number of piperidine rings is 2. The molecule has 2 heterocycles. The summed E-state index contributed by atoms with van der Waals surface area (Å²) in [4.78, 5) is 28.6. The van der Waals surface area contributed by atoms with Crippen LogP contribution in [0.2, 0.25) is 50.4 Å². The van der Waals surface area contributed by atoms with E-state index >= 15 is 0 Å². The summed E-state index contributed by atoms with van der Waals surface area (Å²) in [7, 11) is -1.92. The van der Waals surface area contributed by atoms with E-state index < -0.39 is 16.1 Å². The third kappa shape index (κ3) is 16.2. The minimum Gasteiger partial charge on any atom is -0.508 e. The van der Waals surface area contributed by atoms with Gasteiger partial charge < -0.3 is 24.4 Å². The number of nitrogens with zero attached hydrogens (tertiary/aromatic N) is 2. The second kappa shape index (κ2) is 24.7. The van der Waals surface area contributed by atoms with Crippen molar-refractivity contribution in [2.75, 3.05) is 39.4 Å². The molecule has 0 spiro atoms. The van der Waals surface area contributed by atoms with E-state index in [1.165, 1.54) is 60.4 Å². The highest BCUT2D eigenvalue weighted by Gasteiger charge is 2.33. The maximum Gasteiger partial charge on any atom is 0.309 e. The van der Waals surface area contributed by atoms with Crippen LogP contribution >= 0.6 is 0 Å². The first-order valence-electron chi connectivity index (χ1n) is 25.8. The van der Waals surface area contributed by atoms with Crippen molar-refractivity contribution < 1.29 is 34.0 Å². The van der Waals surface area contributed by atoms with Crippen LogP contribution in [0, 0.1) is 11.8 Å². The van der Waals surface area contributed by atoms with Gasteiger partial charge >= 0.3 is 11.9 Å². The third-order valence-electron chi connectivity index (χ3n) is 15.1. The van der Waals surface area contributed by atoms with Gasteiger partial charge in [-0.25, -0.2) is 0 Å². The molecule has 11 heteroatoms. The molecule has 2 aliphatic carbocycles. The number of likely N-dealkylation sites (tertiary alicyclic amines) is 2. The van der Waals surface area contributed by atoms with Gasteiger partial charge in [0.1, 0.15) is 11.5 Å². The summed E-state index contributed by atoms with van der Waals surface area (Å²) in [6.07, 6.45) is 13.6. The van der Waals surface area contributed by atoms with Crippen molar-refractivity contribution in [2.45, 2.75) is 167 Å². The number of aliphatic hydroxyl groups is 1. The molecule has 2 saturated heterocycles. The number of phenols is 1. The van der Waals surface area contributed by atoms with Crippen LogP contribution in [0.5, 0.6) is 11.5 Å². The number of hydrogen-bond donors (Lipinski definition) is 2. The van der Waals surface area contributed by atoms with Crippen molar-refractivity contribution in [1.29, 1.82) is 0 Å². The highest BCUT2D eigenvalue weighted by molar-refractivity contribution is 6.77. The lowest BCUT2D eigenvalue weighted by Gasteiger charge is -2.35. The van der Waals surface area contributed by atoms with Crippen molar-refractivity contribution in [2.24, 2.45) is 11.8 Å². The molecule has 0 radical (unpaired) electrons. The second-order valence-electron chi connectivity index (χ2n) is 22.1. The van der Waals surface area contributed by atoms with E-state index in [1.54, 1.807) is 12.1 Å². The molecule has 368 valence electrons. The highest BCUT2D eigenvalue weighted by Crippen LogP contribution is 2.39. The van der Waals surface area contributed by atoms with Crippen LogP contribution in [0.1, 0.15) is 102 Å². The number of carbonyl (C=O) groups is 2. The number of aromatic hydroxyl groups is 1. The molecule has 4 aromatic carbocycles. The lowest BCUT2D eigenvalue weighted by molar-refractivity contribution is -0.150. The third-order valence-corrected chi connectivity index (χ3v) is 21.2. The highest BCUT2D eigenvalue weighted by atomic mass is 28.3. The van der Waals surface area contributed by atoms with Gasteiger partial charge in [-0.2, -0.15) is 0 Å². The summed E-state index contributed by atoms with van der Waals surface area (Å²) in [6, 6.07) is 25.1. The Morgan fingerprint density at radius 3 is 1.39 bits per heavy atom.